The number of anilines is 1. The highest BCUT2D eigenvalue weighted by Crippen LogP contribution is 2.17. The number of hydrogen-bond donors (Lipinski definition) is 1. The van der Waals surface area contributed by atoms with Crippen molar-refractivity contribution in [3.63, 3.8) is 0 Å². The zero-order valence-electron chi connectivity index (χ0n) is 10.5. The number of benzene rings is 1. The first kappa shape index (κ1) is 12.3. The van der Waals surface area contributed by atoms with Crippen molar-refractivity contribution in [1.29, 1.82) is 0 Å². The molecule has 0 radical (unpaired) electrons. The van der Waals surface area contributed by atoms with E-state index in [1.54, 1.807) is 6.92 Å². The molecular weight excluding hydrogens is 228 g/mol. The van der Waals surface area contributed by atoms with Crippen LogP contribution in [0.2, 0.25) is 0 Å². The minimum absolute atomic E-state index is 0.0959. The van der Waals surface area contributed by atoms with Crippen LogP contribution in [0, 0.1) is 0 Å². The molecule has 1 atom stereocenters. The number of rotatable bonds is 4. The molecule has 0 aliphatic carbocycles. The zero-order valence-corrected chi connectivity index (χ0v) is 10.5. The number of hydrogen-bond acceptors (Lipinski definition) is 3. The van der Waals surface area contributed by atoms with Crippen molar-refractivity contribution >= 4 is 11.6 Å². The SMILES string of the molecule is CCc1ccccc1NC(=O)[C@H](C)n1cncn1. The highest BCUT2D eigenvalue weighted by molar-refractivity contribution is 5.94. The van der Waals surface area contributed by atoms with Gasteiger partial charge in [-0.3, -0.25) is 4.79 Å². The third kappa shape index (κ3) is 2.56. The lowest BCUT2D eigenvalue weighted by Gasteiger charge is -2.14. The van der Waals surface area contributed by atoms with Crippen LogP contribution in [0.25, 0.3) is 0 Å². The van der Waals surface area contributed by atoms with Gasteiger partial charge in [0.05, 0.1) is 0 Å². The molecule has 0 aliphatic rings. The molecule has 1 N–H and O–H groups in total. The molecular formula is C13H16N4O. The van der Waals surface area contributed by atoms with Crippen molar-refractivity contribution in [2.45, 2.75) is 26.3 Å². The van der Waals surface area contributed by atoms with E-state index in [4.69, 9.17) is 0 Å². The number of aromatic nitrogens is 3. The molecule has 1 amide bonds. The fourth-order valence-electron chi connectivity index (χ4n) is 1.73. The Kier molecular flexibility index (Phi) is 3.72. The van der Waals surface area contributed by atoms with Crippen LogP contribution in [0.1, 0.15) is 25.5 Å². The van der Waals surface area contributed by atoms with Crippen LogP contribution in [0.15, 0.2) is 36.9 Å². The Morgan fingerprint density at radius 1 is 1.44 bits per heavy atom. The Morgan fingerprint density at radius 2 is 2.22 bits per heavy atom. The summed E-state index contributed by atoms with van der Waals surface area (Å²) in [7, 11) is 0. The van der Waals surface area contributed by atoms with Gasteiger partial charge in [0.1, 0.15) is 18.7 Å². The van der Waals surface area contributed by atoms with Gasteiger partial charge >= 0.3 is 0 Å². The summed E-state index contributed by atoms with van der Waals surface area (Å²) < 4.78 is 1.53. The van der Waals surface area contributed by atoms with Gasteiger partial charge in [-0.2, -0.15) is 5.10 Å². The Labute approximate surface area is 106 Å². The summed E-state index contributed by atoms with van der Waals surface area (Å²) in [5, 5.41) is 6.89. The van der Waals surface area contributed by atoms with Gasteiger partial charge in [-0.1, -0.05) is 25.1 Å². The van der Waals surface area contributed by atoms with Gasteiger partial charge in [-0.25, -0.2) is 9.67 Å². The first-order valence-electron chi connectivity index (χ1n) is 5.95. The van der Waals surface area contributed by atoms with Crippen molar-refractivity contribution in [3.8, 4) is 0 Å². The molecule has 0 spiro atoms. The summed E-state index contributed by atoms with van der Waals surface area (Å²) in [6.07, 6.45) is 3.84. The molecule has 18 heavy (non-hydrogen) atoms. The second kappa shape index (κ2) is 5.44. The van der Waals surface area contributed by atoms with Crippen LogP contribution in [-0.4, -0.2) is 20.7 Å². The van der Waals surface area contributed by atoms with E-state index >= 15 is 0 Å². The largest absolute Gasteiger partial charge is 0.324 e. The van der Waals surface area contributed by atoms with E-state index in [0.717, 1.165) is 17.7 Å². The average Bonchev–Trinajstić information content (AvgIpc) is 2.92. The van der Waals surface area contributed by atoms with E-state index in [1.807, 2.05) is 24.3 Å². The Morgan fingerprint density at radius 3 is 2.89 bits per heavy atom. The fraction of sp³-hybridized carbons (Fsp3) is 0.308. The van der Waals surface area contributed by atoms with E-state index in [9.17, 15) is 4.79 Å². The molecule has 2 aromatic rings. The predicted molar refractivity (Wildman–Crippen MR) is 69.2 cm³/mol. The maximum atomic E-state index is 12.1. The fourth-order valence-corrected chi connectivity index (χ4v) is 1.73. The molecule has 0 unspecified atom stereocenters. The summed E-state index contributed by atoms with van der Waals surface area (Å²) in [5.74, 6) is -0.0959. The molecule has 0 bridgehead atoms. The van der Waals surface area contributed by atoms with Crippen molar-refractivity contribution in [2.75, 3.05) is 5.32 Å². The molecule has 0 fully saturated rings. The minimum atomic E-state index is -0.377. The molecule has 0 saturated carbocycles. The van der Waals surface area contributed by atoms with Crippen LogP contribution in [-0.2, 0) is 11.2 Å². The number of carbonyl (C=O) groups is 1. The topological polar surface area (TPSA) is 59.8 Å². The molecule has 0 aliphatic heterocycles. The van der Waals surface area contributed by atoms with Crippen LogP contribution in [0.4, 0.5) is 5.69 Å². The van der Waals surface area contributed by atoms with E-state index in [0.29, 0.717) is 0 Å². The van der Waals surface area contributed by atoms with E-state index < -0.39 is 0 Å². The third-order valence-electron chi connectivity index (χ3n) is 2.87. The van der Waals surface area contributed by atoms with Gasteiger partial charge in [0, 0.05) is 5.69 Å². The quantitative estimate of drug-likeness (QED) is 0.895. The first-order chi connectivity index (χ1) is 8.72. The zero-order chi connectivity index (χ0) is 13.0. The van der Waals surface area contributed by atoms with E-state index in [-0.39, 0.29) is 11.9 Å². The highest BCUT2D eigenvalue weighted by atomic mass is 16.2. The van der Waals surface area contributed by atoms with Crippen molar-refractivity contribution in [1.82, 2.24) is 14.8 Å². The number of nitrogens with zero attached hydrogens (tertiary/aromatic N) is 3. The van der Waals surface area contributed by atoms with Crippen molar-refractivity contribution < 1.29 is 4.79 Å². The monoisotopic (exact) mass is 244 g/mol. The van der Waals surface area contributed by atoms with E-state index in [1.165, 1.54) is 17.3 Å². The van der Waals surface area contributed by atoms with Gasteiger partial charge in [-0.05, 0) is 25.0 Å². The second-order valence-corrected chi connectivity index (χ2v) is 4.05. The van der Waals surface area contributed by atoms with Crippen LogP contribution >= 0.6 is 0 Å². The smallest absolute Gasteiger partial charge is 0.249 e. The maximum Gasteiger partial charge on any atom is 0.249 e. The predicted octanol–water partition coefficient (Wildman–Crippen LogP) is 2.04. The molecule has 2 rings (SSSR count). The molecule has 1 aromatic carbocycles. The summed E-state index contributed by atoms with van der Waals surface area (Å²) in [6.45, 7) is 3.85. The normalized spacial score (nSPS) is 12.1. The number of nitrogens with one attached hydrogen (secondary N) is 1. The van der Waals surface area contributed by atoms with Gasteiger partial charge in [0.2, 0.25) is 5.91 Å². The standard InChI is InChI=1S/C13H16N4O/c1-3-11-6-4-5-7-12(11)16-13(18)10(2)17-9-14-8-15-17/h4-10H,3H2,1-2H3,(H,16,18)/t10-/m0/s1. The third-order valence-corrected chi connectivity index (χ3v) is 2.87. The van der Waals surface area contributed by atoms with Crippen LogP contribution in [0.5, 0.6) is 0 Å². The van der Waals surface area contributed by atoms with Gasteiger partial charge < -0.3 is 5.32 Å². The Hall–Kier alpha value is -2.17. The molecule has 5 heteroatoms. The molecule has 0 saturated heterocycles. The first-order valence-corrected chi connectivity index (χ1v) is 5.95. The Bertz CT molecular complexity index is 522. The summed E-state index contributed by atoms with van der Waals surface area (Å²) >= 11 is 0. The summed E-state index contributed by atoms with van der Waals surface area (Å²) in [6, 6.07) is 7.42. The van der Waals surface area contributed by atoms with Gasteiger partial charge in [-0.15, -0.1) is 0 Å². The van der Waals surface area contributed by atoms with Gasteiger partial charge in [0.25, 0.3) is 0 Å². The lowest BCUT2D eigenvalue weighted by molar-refractivity contribution is -0.119. The van der Waals surface area contributed by atoms with Crippen LogP contribution < -0.4 is 5.32 Å². The molecule has 1 aromatic heterocycles. The maximum absolute atomic E-state index is 12.1. The number of para-hydroxylation sites is 1. The lowest BCUT2D eigenvalue weighted by Crippen LogP contribution is -2.24. The summed E-state index contributed by atoms with van der Waals surface area (Å²) in [5.41, 5.74) is 1.98. The summed E-state index contributed by atoms with van der Waals surface area (Å²) in [4.78, 5) is 15.9. The minimum Gasteiger partial charge on any atom is -0.324 e. The Balaban J connectivity index is 2.12. The number of carbonyl (C=O) groups excluding carboxylic acids is 1. The second-order valence-electron chi connectivity index (χ2n) is 4.05. The van der Waals surface area contributed by atoms with Crippen LogP contribution in [0.3, 0.4) is 0 Å². The molecule has 5 nitrogen and oxygen atoms in total. The molecule has 94 valence electrons. The number of aryl methyl sites for hydroxylation is 1. The lowest BCUT2D eigenvalue weighted by atomic mass is 10.1. The average molecular weight is 244 g/mol. The highest BCUT2D eigenvalue weighted by Gasteiger charge is 2.16. The van der Waals surface area contributed by atoms with Crippen molar-refractivity contribution in [3.05, 3.63) is 42.5 Å². The number of amides is 1. The molecule has 1 heterocycles. The van der Waals surface area contributed by atoms with Crippen molar-refractivity contribution in [2.24, 2.45) is 0 Å². The van der Waals surface area contributed by atoms with Gasteiger partial charge in [0.15, 0.2) is 0 Å². The van der Waals surface area contributed by atoms with E-state index in [2.05, 4.69) is 22.3 Å².